The van der Waals surface area contributed by atoms with E-state index in [2.05, 4.69) is 72.5 Å². The second-order valence-electron chi connectivity index (χ2n) is 6.04. The maximum Gasteiger partial charge on any atom is 0.120 e. The number of epoxide rings is 1. The first-order chi connectivity index (χ1) is 10.7. The van der Waals surface area contributed by atoms with E-state index < -0.39 is 0 Å². The molecule has 3 heteroatoms. The topological polar surface area (TPSA) is 15.8 Å². The average Bonchev–Trinajstić information content (AvgIpc) is 3.37. The third-order valence-corrected chi connectivity index (χ3v) is 4.96. The number of benzene rings is 2. The molecule has 1 fully saturated rings. The van der Waals surface area contributed by atoms with E-state index in [1.807, 2.05) is 0 Å². The Morgan fingerprint density at radius 2 is 1.45 bits per heavy atom. The first kappa shape index (κ1) is 15.5. The van der Waals surface area contributed by atoms with Crippen molar-refractivity contribution in [1.82, 2.24) is 4.90 Å². The Morgan fingerprint density at radius 1 is 1.00 bits per heavy atom. The number of hydrogen-bond donors (Lipinski definition) is 0. The minimum atomic E-state index is -0.175. The van der Waals surface area contributed by atoms with Crippen LogP contribution in [-0.2, 0) is 17.8 Å². The van der Waals surface area contributed by atoms with Crippen LogP contribution >= 0.6 is 11.6 Å². The average molecular weight is 316 g/mol. The quantitative estimate of drug-likeness (QED) is 0.565. The van der Waals surface area contributed by atoms with Crippen LogP contribution in [0.2, 0.25) is 0 Å². The minimum absolute atomic E-state index is 0.175. The molecule has 0 bridgehead atoms. The normalized spacial score (nSPS) is 21.8. The maximum absolute atomic E-state index is 6.15. The molecule has 3 rings (SSSR count). The zero-order valence-corrected chi connectivity index (χ0v) is 13.7. The fourth-order valence-electron chi connectivity index (χ4n) is 2.82. The third kappa shape index (κ3) is 3.52. The zero-order valence-electron chi connectivity index (χ0n) is 12.9. The van der Waals surface area contributed by atoms with E-state index in [9.17, 15) is 0 Å². The number of hydrogen-bond acceptors (Lipinski definition) is 2. The van der Waals surface area contributed by atoms with Gasteiger partial charge in [0.25, 0.3) is 0 Å². The summed E-state index contributed by atoms with van der Waals surface area (Å²) in [5.74, 6) is 0.550. The summed E-state index contributed by atoms with van der Waals surface area (Å²) < 4.78 is 5.69. The van der Waals surface area contributed by atoms with E-state index in [4.69, 9.17) is 16.3 Å². The van der Waals surface area contributed by atoms with E-state index in [1.54, 1.807) is 0 Å². The molecule has 0 aromatic heterocycles. The molecular weight excluding hydrogens is 294 g/mol. The summed E-state index contributed by atoms with van der Waals surface area (Å²) in [7, 11) is 0. The first-order valence-electron chi connectivity index (χ1n) is 7.75. The molecule has 2 aromatic rings. The molecule has 22 heavy (non-hydrogen) atoms. The highest BCUT2D eigenvalue weighted by atomic mass is 35.5. The SMILES string of the molecule is C[C@H](N(Cc1ccccc1)Cc1ccccc1)[C@]1(CCl)CO1. The van der Waals surface area contributed by atoms with Crippen LogP contribution in [0.3, 0.4) is 0 Å². The second-order valence-corrected chi connectivity index (χ2v) is 6.31. The molecule has 0 N–H and O–H groups in total. The predicted molar refractivity (Wildman–Crippen MR) is 91.0 cm³/mol. The molecule has 2 aromatic carbocycles. The molecule has 1 saturated heterocycles. The Balaban J connectivity index is 1.79. The highest BCUT2D eigenvalue weighted by molar-refractivity contribution is 6.18. The van der Waals surface area contributed by atoms with Crippen molar-refractivity contribution in [2.45, 2.75) is 31.7 Å². The number of halogens is 1. The molecular formula is C19H22ClNO. The molecule has 2 atom stereocenters. The van der Waals surface area contributed by atoms with Crippen molar-refractivity contribution in [3.05, 3.63) is 71.8 Å². The van der Waals surface area contributed by atoms with Gasteiger partial charge in [0, 0.05) is 19.1 Å². The Morgan fingerprint density at radius 3 is 1.82 bits per heavy atom. The summed E-state index contributed by atoms with van der Waals surface area (Å²) in [4.78, 5) is 2.46. The number of rotatable bonds is 7. The lowest BCUT2D eigenvalue weighted by molar-refractivity contribution is 0.116. The summed E-state index contributed by atoms with van der Waals surface area (Å²) in [6, 6.07) is 21.4. The first-order valence-corrected chi connectivity index (χ1v) is 8.29. The van der Waals surface area contributed by atoms with Crippen molar-refractivity contribution < 1.29 is 4.74 Å². The van der Waals surface area contributed by atoms with E-state index in [1.165, 1.54) is 11.1 Å². The minimum Gasteiger partial charge on any atom is -0.367 e. The molecule has 1 aliphatic rings. The Hall–Kier alpha value is -1.35. The van der Waals surface area contributed by atoms with Gasteiger partial charge in [0.05, 0.1) is 12.5 Å². The van der Waals surface area contributed by atoms with Gasteiger partial charge in [-0.05, 0) is 18.1 Å². The highest BCUT2D eigenvalue weighted by Gasteiger charge is 2.50. The summed E-state index contributed by atoms with van der Waals surface area (Å²) in [6.45, 7) is 4.79. The lowest BCUT2D eigenvalue weighted by Gasteiger charge is -2.32. The van der Waals surface area contributed by atoms with Crippen molar-refractivity contribution >= 4 is 11.6 Å². The smallest absolute Gasteiger partial charge is 0.120 e. The van der Waals surface area contributed by atoms with Gasteiger partial charge in [-0.3, -0.25) is 4.90 Å². The fraction of sp³-hybridized carbons (Fsp3) is 0.368. The zero-order chi connectivity index (χ0) is 15.4. The number of ether oxygens (including phenoxy) is 1. The monoisotopic (exact) mass is 315 g/mol. The lowest BCUT2D eigenvalue weighted by Crippen LogP contribution is -2.44. The van der Waals surface area contributed by atoms with Gasteiger partial charge in [0.2, 0.25) is 0 Å². The summed E-state index contributed by atoms with van der Waals surface area (Å²) >= 11 is 6.15. The molecule has 1 heterocycles. The van der Waals surface area contributed by atoms with Crippen molar-refractivity contribution in [2.24, 2.45) is 0 Å². The molecule has 2 nitrogen and oxygen atoms in total. The van der Waals surface area contributed by atoms with Gasteiger partial charge in [-0.2, -0.15) is 0 Å². The molecule has 0 spiro atoms. The van der Waals surface area contributed by atoms with Gasteiger partial charge >= 0.3 is 0 Å². The highest BCUT2D eigenvalue weighted by Crippen LogP contribution is 2.36. The molecule has 0 saturated carbocycles. The van der Waals surface area contributed by atoms with Crippen LogP contribution in [0.4, 0.5) is 0 Å². The van der Waals surface area contributed by atoms with E-state index >= 15 is 0 Å². The van der Waals surface area contributed by atoms with E-state index in [0.717, 1.165) is 19.7 Å². The standard InChI is InChI=1S/C19H22ClNO/c1-16(19(14-20)15-22-19)21(12-17-8-4-2-5-9-17)13-18-10-6-3-7-11-18/h2-11,16H,12-15H2,1H3/t16-,19-/m0/s1. The summed E-state index contributed by atoms with van der Waals surface area (Å²) in [5.41, 5.74) is 2.46. The Labute approximate surface area is 137 Å². The van der Waals surface area contributed by atoms with Crippen molar-refractivity contribution in [3.63, 3.8) is 0 Å². The molecule has 0 amide bonds. The Kier molecular flexibility index (Phi) is 4.82. The van der Waals surface area contributed by atoms with Crippen LogP contribution in [0.1, 0.15) is 18.1 Å². The van der Waals surface area contributed by atoms with Crippen LogP contribution in [0.5, 0.6) is 0 Å². The van der Waals surface area contributed by atoms with Crippen molar-refractivity contribution in [1.29, 1.82) is 0 Å². The van der Waals surface area contributed by atoms with Crippen LogP contribution in [0.25, 0.3) is 0 Å². The lowest BCUT2D eigenvalue weighted by atomic mass is 10.0. The van der Waals surface area contributed by atoms with Crippen LogP contribution < -0.4 is 0 Å². The van der Waals surface area contributed by atoms with E-state index in [-0.39, 0.29) is 11.6 Å². The van der Waals surface area contributed by atoms with Crippen LogP contribution in [0.15, 0.2) is 60.7 Å². The predicted octanol–water partition coefficient (Wildman–Crippen LogP) is 4.09. The Bertz CT molecular complexity index is 541. The molecule has 0 aliphatic carbocycles. The van der Waals surface area contributed by atoms with Gasteiger partial charge in [0.15, 0.2) is 0 Å². The largest absolute Gasteiger partial charge is 0.367 e. The van der Waals surface area contributed by atoms with Gasteiger partial charge < -0.3 is 4.74 Å². The van der Waals surface area contributed by atoms with E-state index in [0.29, 0.717) is 5.88 Å². The molecule has 1 aliphatic heterocycles. The maximum atomic E-state index is 6.15. The van der Waals surface area contributed by atoms with Crippen LogP contribution in [0, 0.1) is 0 Å². The number of nitrogens with zero attached hydrogens (tertiary/aromatic N) is 1. The fourth-order valence-corrected chi connectivity index (χ4v) is 3.20. The van der Waals surface area contributed by atoms with Gasteiger partial charge in [-0.1, -0.05) is 60.7 Å². The summed E-state index contributed by atoms with van der Waals surface area (Å²) in [6.07, 6.45) is 0. The van der Waals surface area contributed by atoms with Crippen LogP contribution in [-0.4, -0.2) is 29.0 Å². The van der Waals surface area contributed by atoms with Gasteiger partial charge in [-0.25, -0.2) is 0 Å². The van der Waals surface area contributed by atoms with Crippen molar-refractivity contribution in [2.75, 3.05) is 12.5 Å². The number of alkyl halides is 1. The van der Waals surface area contributed by atoms with Gasteiger partial charge in [0.1, 0.15) is 5.60 Å². The van der Waals surface area contributed by atoms with Crippen molar-refractivity contribution in [3.8, 4) is 0 Å². The third-order valence-electron chi connectivity index (χ3n) is 4.51. The molecule has 0 radical (unpaired) electrons. The molecule has 116 valence electrons. The van der Waals surface area contributed by atoms with Gasteiger partial charge in [-0.15, -0.1) is 11.6 Å². The molecule has 0 unspecified atom stereocenters. The second kappa shape index (κ2) is 6.82. The summed E-state index contributed by atoms with van der Waals surface area (Å²) in [5, 5.41) is 0.